The Kier molecular flexibility index (Phi) is 6.78. The first kappa shape index (κ1) is 20.7. The topological polar surface area (TPSA) is 55.4 Å². The molecule has 144 valence electrons. The maximum absolute atomic E-state index is 12.7. The molecular formula is C23H29NO3. The first-order valence-corrected chi connectivity index (χ1v) is 9.34. The van der Waals surface area contributed by atoms with Gasteiger partial charge in [0.1, 0.15) is 0 Å². The van der Waals surface area contributed by atoms with Gasteiger partial charge in [0.2, 0.25) is 0 Å². The van der Waals surface area contributed by atoms with Gasteiger partial charge in [-0.2, -0.15) is 0 Å². The summed E-state index contributed by atoms with van der Waals surface area (Å²) in [5.74, 6) is -0.531. The Bertz CT molecular complexity index is 771. The summed E-state index contributed by atoms with van der Waals surface area (Å²) in [6.45, 7) is 10.5. The van der Waals surface area contributed by atoms with Crippen LogP contribution in [0.2, 0.25) is 0 Å². The van der Waals surface area contributed by atoms with Crippen molar-refractivity contribution in [1.29, 1.82) is 0 Å². The van der Waals surface area contributed by atoms with Crippen LogP contribution in [0.5, 0.6) is 0 Å². The van der Waals surface area contributed by atoms with Gasteiger partial charge in [0.05, 0.1) is 19.1 Å². The van der Waals surface area contributed by atoms with Gasteiger partial charge in [-0.05, 0) is 42.5 Å². The molecule has 1 amide bonds. The summed E-state index contributed by atoms with van der Waals surface area (Å²) in [6, 6.07) is 15.0. The predicted octanol–water partition coefficient (Wildman–Crippen LogP) is 4.72. The summed E-state index contributed by atoms with van der Waals surface area (Å²) >= 11 is 0. The molecule has 2 aromatic rings. The molecule has 2 rings (SSSR count). The van der Waals surface area contributed by atoms with E-state index in [-0.39, 0.29) is 23.7 Å². The molecule has 0 radical (unpaired) electrons. The highest BCUT2D eigenvalue weighted by Crippen LogP contribution is 2.23. The Morgan fingerprint density at radius 2 is 1.59 bits per heavy atom. The Morgan fingerprint density at radius 1 is 1.00 bits per heavy atom. The lowest BCUT2D eigenvalue weighted by atomic mass is 9.86. The maximum Gasteiger partial charge on any atom is 0.308 e. The quantitative estimate of drug-likeness (QED) is 0.752. The zero-order valence-electron chi connectivity index (χ0n) is 16.8. The van der Waals surface area contributed by atoms with E-state index in [1.54, 1.807) is 6.92 Å². The molecule has 0 saturated heterocycles. The van der Waals surface area contributed by atoms with Gasteiger partial charge in [-0.15, -0.1) is 0 Å². The summed E-state index contributed by atoms with van der Waals surface area (Å²) in [5.41, 5.74) is 3.78. The minimum Gasteiger partial charge on any atom is -0.466 e. The van der Waals surface area contributed by atoms with Crippen molar-refractivity contribution in [3.05, 3.63) is 70.8 Å². The molecule has 4 nitrogen and oxygen atoms in total. The lowest BCUT2D eigenvalue weighted by molar-refractivity contribution is -0.143. The molecule has 0 aliphatic carbocycles. The molecule has 1 atom stereocenters. The molecular weight excluding hydrogens is 338 g/mol. The summed E-state index contributed by atoms with van der Waals surface area (Å²) < 4.78 is 5.07. The smallest absolute Gasteiger partial charge is 0.308 e. The first-order valence-electron chi connectivity index (χ1n) is 9.34. The summed E-state index contributed by atoms with van der Waals surface area (Å²) in [4.78, 5) is 24.7. The van der Waals surface area contributed by atoms with E-state index in [0.717, 1.165) is 11.1 Å². The van der Waals surface area contributed by atoms with E-state index >= 15 is 0 Å². The van der Waals surface area contributed by atoms with Crippen LogP contribution in [0, 0.1) is 6.92 Å². The normalized spacial score (nSPS) is 12.3. The number of ether oxygens (including phenoxy) is 1. The van der Waals surface area contributed by atoms with Crippen molar-refractivity contribution >= 4 is 11.9 Å². The average Bonchev–Trinajstić information content (AvgIpc) is 2.61. The predicted molar refractivity (Wildman–Crippen MR) is 108 cm³/mol. The van der Waals surface area contributed by atoms with Crippen LogP contribution in [0.4, 0.5) is 0 Å². The number of hydrogen-bond acceptors (Lipinski definition) is 3. The molecule has 0 aromatic heterocycles. The number of nitrogens with one attached hydrogen (secondary N) is 1. The zero-order valence-corrected chi connectivity index (χ0v) is 16.8. The molecule has 0 spiro atoms. The number of carbonyl (C=O) groups is 2. The van der Waals surface area contributed by atoms with Gasteiger partial charge in [0, 0.05) is 5.56 Å². The third-order valence-corrected chi connectivity index (χ3v) is 4.47. The summed E-state index contributed by atoms with van der Waals surface area (Å²) in [5, 5.41) is 2.98. The van der Waals surface area contributed by atoms with Crippen LogP contribution in [0.25, 0.3) is 0 Å². The van der Waals surface area contributed by atoms with Gasteiger partial charge in [-0.25, -0.2) is 0 Å². The highest BCUT2D eigenvalue weighted by molar-refractivity contribution is 5.94. The minimum absolute atomic E-state index is 0.0311. The van der Waals surface area contributed by atoms with Crippen LogP contribution in [0.15, 0.2) is 48.5 Å². The number of amides is 1. The second-order valence-corrected chi connectivity index (χ2v) is 7.77. The fourth-order valence-corrected chi connectivity index (χ4v) is 2.80. The lowest BCUT2D eigenvalue weighted by Crippen LogP contribution is -2.30. The Hall–Kier alpha value is -2.62. The van der Waals surface area contributed by atoms with Crippen molar-refractivity contribution in [3.63, 3.8) is 0 Å². The number of rotatable bonds is 6. The summed E-state index contributed by atoms with van der Waals surface area (Å²) in [7, 11) is 0. The van der Waals surface area contributed by atoms with Crippen molar-refractivity contribution in [2.45, 2.75) is 52.5 Å². The first-order chi connectivity index (χ1) is 12.7. The molecule has 0 aliphatic rings. The van der Waals surface area contributed by atoms with Gasteiger partial charge in [-0.3, -0.25) is 9.59 Å². The highest BCUT2D eigenvalue weighted by Gasteiger charge is 2.21. The largest absolute Gasteiger partial charge is 0.466 e. The fraction of sp³-hybridized carbons (Fsp3) is 0.391. The van der Waals surface area contributed by atoms with E-state index < -0.39 is 6.04 Å². The number of hydrogen-bond donors (Lipinski definition) is 1. The second kappa shape index (κ2) is 8.85. The third-order valence-electron chi connectivity index (χ3n) is 4.47. The van der Waals surface area contributed by atoms with Crippen molar-refractivity contribution < 1.29 is 14.3 Å². The van der Waals surface area contributed by atoms with Crippen molar-refractivity contribution in [1.82, 2.24) is 5.32 Å². The number of aryl methyl sites for hydroxylation is 1. The Balaban J connectivity index is 2.19. The van der Waals surface area contributed by atoms with Crippen molar-refractivity contribution in [2.24, 2.45) is 0 Å². The molecule has 2 aromatic carbocycles. The monoisotopic (exact) mass is 367 g/mol. The van der Waals surface area contributed by atoms with Crippen molar-refractivity contribution in [2.75, 3.05) is 6.61 Å². The molecule has 4 heteroatoms. The van der Waals surface area contributed by atoms with Gasteiger partial charge in [0.25, 0.3) is 5.91 Å². The fourth-order valence-electron chi connectivity index (χ4n) is 2.80. The standard InChI is InChI=1S/C23H29NO3/c1-6-27-21(25)15-20(17-9-7-16(2)8-10-17)24-22(26)18-11-13-19(14-12-18)23(3,4)5/h7-14,20H,6,15H2,1-5H3,(H,24,26). The maximum atomic E-state index is 12.7. The van der Waals surface area contributed by atoms with Crippen LogP contribution >= 0.6 is 0 Å². The minimum atomic E-state index is -0.431. The van der Waals surface area contributed by atoms with Gasteiger partial charge in [0.15, 0.2) is 0 Å². The molecule has 0 aliphatic heterocycles. The van der Waals surface area contributed by atoms with Crippen LogP contribution in [-0.4, -0.2) is 18.5 Å². The third kappa shape index (κ3) is 5.95. The van der Waals surface area contributed by atoms with Gasteiger partial charge < -0.3 is 10.1 Å². The molecule has 27 heavy (non-hydrogen) atoms. The number of esters is 1. The second-order valence-electron chi connectivity index (χ2n) is 7.77. The number of carbonyl (C=O) groups excluding carboxylic acids is 2. The highest BCUT2D eigenvalue weighted by atomic mass is 16.5. The van der Waals surface area contributed by atoms with E-state index in [0.29, 0.717) is 12.2 Å². The lowest BCUT2D eigenvalue weighted by Gasteiger charge is -2.21. The molecule has 0 heterocycles. The number of benzene rings is 2. The van der Waals surface area contributed by atoms with E-state index in [1.165, 1.54) is 5.56 Å². The van der Waals surface area contributed by atoms with E-state index in [4.69, 9.17) is 4.74 Å². The van der Waals surface area contributed by atoms with Crippen LogP contribution in [0.1, 0.15) is 67.2 Å². The Labute approximate surface area is 161 Å². The SMILES string of the molecule is CCOC(=O)CC(NC(=O)c1ccc(C(C)(C)C)cc1)c1ccc(C)cc1. The molecule has 0 fully saturated rings. The van der Waals surface area contributed by atoms with E-state index in [1.807, 2.05) is 55.5 Å². The van der Waals surface area contributed by atoms with E-state index in [2.05, 4.69) is 26.1 Å². The zero-order chi connectivity index (χ0) is 20.0. The average molecular weight is 367 g/mol. The summed E-state index contributed by atoms with van der Waals surface area (Å²) in [6.07, 6.45) is 0.0999. The Morgan fingerprint density at radius 3 is 2.11 bits per heavy atom. The van der Waals surface area contributed by atoms with Crippen LogP contribution in [-0.2, 0) is 14.9 Å². The van der Waals surface area contributed by atoms with Gasteiger partial charge >= 0.3 is 5.97 Å². The van der Waals surface area contributed by atoms with Crippen LogP contribution in [0.3, 0.4) is 0 Å². The molecule has 1 unspecified atom stereocenters. The van der Waals surface area contributed by atoms with Crippen LogP contribution < -0.4 is 5.32 Å². The van der Waals surface area contributed by atoms with Crippen molar-refractivity contribution in [3.8, 4) is 0 Å². The van der Waals surface area contributed by atoms with E-state index in [9.17, 15) is 9.59 Å². The molecule has 1 N–H and O–H groups in total. The molecule has 0 saturated carbocycles. The molecule has 0 bridgehead atoms. The van der Waals surface area contributed by atoms with Gasteiger partial charge in [-0.1, -0.05) is 62.7 Å².